The van der Waals surface area contributed by atoms with E-state index in [1.807, 2.05) is 30.5 Å². The number of benzene rings is 1. The maximum Gasteiger partial charge on any atom is 0.262 e. The lowest BCUT2D eigenvalue weighted by molar-refractivity contribution is -0.116. The third-order valence-corrected chi connectivity index (χ3v) is 5.88. The van der Waals surface area contributed by atoms with Crippen LogP contribution in [0.3, 0.4) is 0 Å². The van der Waals surface area contributed by atoms with Crippen molar-refractivity contribution in [1.29, 1.82) is 0 Å². The number of allylic oxidation sites excluding steroid dienone is 1. The molecule has 0 fully saturated rings. The van der Waals surface area contributed by atoms with E-state index in [-0.39, 0.29) is 11.5 Å². The van der Waals surface area contributed by atoms with Crippen molar-refractivity contribution in [3.63, 3.8) is 0 Å². The number of hydrogen-bond donors (Lipinski definition) is 0. The van der Waals surface area contributed by atoms with E-state index in [0.717, 1.165) is 5.69 Å². The third kappa shape index (κ3) is 4.12. The Labute approximate surface area is 165 Å². The number of anilines is 1. The van der Waals surface area contributed by atoms with Crippen LogP contribution in [0.2, 0.25) is 0 Å². The van der Waals surface area contributed by atoms with Crippen molar-refractivity contribution < 1.29 is 4.79 Å². The number of para-hydroxylation sites is 1. The summed E-state index contributed by atoms with van der Waals surface area (Å²) in [6.45, 7) is 8.18. The molecule has 0 aliphatic rings. The van der Waals surface area contributed by atoms with Gasteiger partial charge >= 0.3 is 0 Å². The standard InChI is InChI=1S/C19H20N4O2S2/c1-4-10-23-17(25)15-8-6-7-9-16(15)21-19(23)27-12-14-11-26-18(20-14)22(5-2)13(3)24/h4,6-9,11H,1,5,10,12H2,2-3H3. The minimum absolute atomic E-state index is 0.0259. The average Bonchev–Trinajstić information content (AvgIpc) is 3.11. The molecule has 3 rings (SSSR count). The van der Waals surface area contributed by atoms with Gasteiger partial charge in [-0.25, -0.2) is 9.97 Å². The molecule has 2 aromatic heterocycles. The van der Waals surface area contributed by atoms with E-state index in [2.05, 4.69) is 16.5 Å². The number of rotatable bonds is 7. The molecule has 0 bridgehead atoms. The van der Waals surface area contributed by atoms with Crippen molar-refractivity contribution in [1.82, 2.24) is 14.5 Å². The Morgan fingerprint density at radius 3 is 2.85 bits per heavy atom. The van der Waals surface area contributed by atoms with Crippen LogP contribution >= 0.6 is 23.1 Å². The Bertz CT molecular complexity index is 1040. The highest BCUT2D eigenvalue weighted by Gasteiger charge is 2.15. The van der Waals surface area contributed by atoms with Crippen molar-refractivity contribution in [2.45, 2.75) is 31.3 Å². The van der Waals surface area contributed by atoms with E-state index < -0.39 is 0 Å². The fourth-order valence-electron chi connectivity index (χ4n) is 2.67. The third-order valence-electron chi connectivity index (χ3n) is 3.95. The van der Waals surface area contributed by atoms with Crippen molar-refractivity contribution in [2.24, 2.45) is 0 Å². The van der Waals surface area contributed by atoms with Crippen molar-refractivity contribution in [3.8, 4) is 0 Å². The molecule has 0 unspecified atom stereocenters. The van der Waals surface area contributed by atoms with Crippen LogP contribution in [0.4, 0.5) is 5.13 Å². The van der Waals surface area contributed by atoms with Gasteiger partial charge in [0.15, 0.2) is 10.3 Å². The minimum atomic E-state index is -0.0734. The minimum Gasteiger partial charge on any atom is -0.289 e. The largest absolute Gasteiger partial charge is 0.289 e. The highest BCUT2D eigenvalue weighted by molar-refractivity contribution is 7.98. The molecule has 1 aromatic carbocycles. The Kier molecular flexibility index (Phi) is 6.08. The molecule has 0 atom stereocenters. The number of carbonyl (C=O) groups is 1. The zero-order valence-corrected chi connectivity index (χ0v) is 16.8. The molecule has 1 amide bonds. The summed E-state index contributed by atoms with van der Waals surface area (Å²) in [6.07, 6.45) is 1.69. The van der Waals surface area contributed by atoms with Gasteiger partial charge in [0.1, 0.15) is 0 Å². The summed E-state index contributed by atoms with van der Waals surface area (Å²) in [4.78, 5) is 35.3. The number of nitrogens with zero attached hydrogens (tertiary/aromatic N) is 4. The fourth-order valence-corrected chi connectivity index (χ4v) is 4.60. The van der Waals surface area contributed by atoms with E-state index in [0.29, 0.717) is 40.0 Å². The first-order valence-corrected chi connectivity index (χ1v) is 10.4. The van der Waals surface area contributed by atoms with Gasteiger partial charge in [-0.15, -0.1) is 17.9 Å². The number of thioether (sulfide) groups is 1. The topological polar surface area (TPSA) is 68.1 Å². The smallest absolute Gasteiger partial charge is 0.262 e. The highest BCUT2D eigenvalue weighted by atomic mass is 32.2. The van der Waals surface area contributed by atoms with Gasteiger partial charge in [0, 0.05) is 31.1 Å². The molecule has 0 aliphatic heterocycles. The zero-order valence-electron chi connectivity index (χ0n) is 15.2. The van der Waals surface area contributed by atoms with Crippen LogP contribution in [0.1, 0.15) is 19.5 Å². The van der Waals surface area contributed by atoms with Crippen LogP contribution in [-0.2, 0) is 17.1 Å². The molecule has 27 heavy (non-hydrogen) atoms. The van der Waals surface area contributed by atoms with Crippen LogP contribution in [0.15, 0.2) is 52.3 Å². The van der Waals surface area contributed by atoms with E-state index in [1.54, 1.807) is 21.6 Å². The lowest BCUT2D eigenvalue weighted by atomic mass is 10.2. The molecule has 3 aromatic rings. The molecule has 6 nitrogen and oxygen atoms in total. The second-order valence-electron chi connectivity index (χ2n) is 5.79. The molecular formula is C19H20N4O2S2. The molecule has 0 saturated carbocycles. The van der Waals surface area contributed by atoms with Gasteiger partial charge in [0.05, 0.1) is 16.6 Å². The van der Waals surface area contributed by atoms with Gasteiger partial charge in [0.2, 0.25) is 5.91 Å². The lowest BCUT2D eigenvalue weighted by Gasteiger charge is -2.14. The summed E-state index contributed by atoms with van der Waals surface area (Å²) in [5.41, 5.74) is 1.46. The Hall–Kier alpha value is -2.45. The maximum absolute atomic E-state index is 12.8. The van der Waals surface area contributed by atoms with Crippen LogP contribution < -0.4 is 10.5 Å². The molecule has 140 valence electrons. The van der Waals surface area contributed by atoms with Crippen molar-refractivity contribution >= 4 is 45.0 Å². The zero-order chi connectivity index (χ0) is 19.4. The Balaban J connectivity index is 1.88. The summed E-state index contributed by atoms with van der Waals surface area (Å²) >= 11 is 2.90. The molecule has 0 radical (unpaired) electrons. The first-order chi connectivity index (χ1) is 13.0. The summed E-state index contributed by atoms with van der Waals surface area (Å²) in [6, 6.07) is 7.33. The second kappa shape index (κ2) is 8.49. The average molecular weight is 401 g/mol. The van der Waals surface area contributed by atoms with Gasteiger partial charge < -0.3 is 0 Å². The molecule has 8 heteroatoms. The van der Waals surface area contributed by atoms with Crippen LogP contribution in [0.25, 0.3) is 10.9 Å². The molecule has 0 spiro atoms. The molecule has 2 heterocycles. The maximum atomic E-state index is 12.8. The molecule has 0 saturated heterocycles. The number of amides is 1. The van der Waals surface area contributed by atoms with E-state index in [4.69, 9.17) is 0 Å². The van der Waals surface area contributed by atoms with Gasteiger partial charge in [-0.05, 0) is 19.1 Å². The Morgan fingerprint density at radius 2 is 2.15 bits per heavy atom. The van der Waals surface area contributed by atoms with Gasteiger partial charge in [-0.2, -0.15) is 0 Å². The summed E-state index contributed by atoms with van der Waals surface area (Å²) in [5.74, 6) is 0.538. The fraction of sp³-hybridized carbons (Fsp3) is 0.263. The monoisotopic (exact) mass is 400 g/mol. The number of thiazole rings is 1. The first kappa shape index (κ1) is 19.3. The van der Waals surface area contributed by atoms with Crippen LogP contribution in [-0.4, -0.2) is 27.0 Å². The summed E-state index contributed by atoms with van der Waals surface area (Å²) in [7, 11) is 0. The number of aromatic nitrogens is 3. The number of fused-ring (bicyclic) bond motifs is 1. The summed E-state index contributed by atoms with van der Waals surface area (Å²) in [5, 5.41) is 3.85. The van der Waals surface area contributed by atoms with Gasteiger partial charge in [-0.3, -0.25) is 19.1 Å². The molecular weight excluding hydrogens is 380 g/mol. The van der Waals surface area contributed by atoms with E-state index in [9.17, 15) is 9.59 Å². The van der Waals surface area contributed by atoms with Crippen molar-refractivity contribution in [2.75, 3.05) is 11.4 Å². The normalized spacial score (nSPS) is 10.9. The quantitative estimate of drug-likeness (QED) is 0.344. The van der Waals surface area contributed by atoms with Crippen LogP contribution in [0.5, 0.6) is 0 Å². The number of carbonyl (C=O) groups excluding carboxylic acids is 1. The second-order valence-corrected chi connectivity index (χ2v) is 7.57. The first-order valence-electron chi connectivity index (χ1n) is 8.51. The summed E-state index contributed by atoms with van der Waals surface area (Å²) < 4.78 is 1.63. The lowest BCUT2D eigenvalue weighted by Crippen LogP contribution is -2.27. The number of hydrogen-bond acceptors (Lipinski definition) is 6. The van der Waals surface area contributed by atoms with E-state index >= 15 is 0 Å². The van der Waals surface area contributed by atoms with Gasteiger partial charge in [0.25, 0.3) is 5.56 Å². The Morgan fingerprint density at radius 1 is 1.37 bits per heavy atom. The predicted molar refractivity (Wildman–Crippen MR) is 112 cm³/mol. The van der Waals surface area contributed by atoms with Crippen molar-refractivity contribution in [3.05, 3.63) is 58.3 Å². The SMILES string of the molecule is C=CCn1c(SCc2csc(N(CC)C(C)=O)n2)nc2ccccc2c1=O. The van der Waals surface area contributed by atoms with E-state index in [1.165, 1.54) is 30.0 Å². The predicted octanol–water partition coefficient (Wildman–Crippen LogP) is 3.70. The van der Waals surface area contributed by atoms with Crippen LogP contribution in [0, 0.1) is 0 Å². The molecule has 0 N–H and O–H groups in total. The van der Waals surface area contributed by atoms with Gasteiger partial charge in [-0.1, -0.05) is 30.0 Å². The highest BCUT2D eigenvalue weighted by Crippen LogP contribution is 2.26. The molecule has 0 aliphatic carbocycles.